The Bertz CT molecular complexity index is 816. The van der Waals surface area contributed by atoms with Crippen LogP contribution in [0, 0.1) is 0 Å². The van der Waals surface area contributed by atoms with Gasteiger partial charge in [0.2, 0.25) is 5.95 Å². The molecular formula is C20H23N7. The summed E-state index contributed by atoms with van der Waals surface area (Å²) < 4.78 is 0. The largest absolute Gasteiger partial charge is 0.353 e. The van der Waals surface area contributed by atoms with Crippen molar-refractivity contribution in [3.05, 3.63) is 72.4 Å². The van der Waals surface area contributed by atoms with E-state index in [1.54, 1.807) is 12.4 Å². The second-order valence-corrected chi connectivity index (χ2v) is 6.58. The van der Waals surface area contributed by atoms with Gasteiger partial charge in [0, 0.05) is 69.6 Å². The second kappa shape index (κ2) is 8.55. The fraction of sp³-hybridized carbons (Fsp3) is 0.300. The standard InChI is InChI=1S/C20H23N7/c1-2-4-17(5-3-1)12-23-20-24-13-18(14-25-20)16-26-8-10-27(11-9-26)19-15-21-6-7-22-19/h1-7,13-15H,8-12,16H2,(H,23,24,25). The summed E-state index contributed by atoms with van der Waals surface area (Å²) in [4.78, 5) is 22.1. The first-order valence-corrected chi connectivity index (χ1v) is 9.19. The summed E-state index contributed by atoms with van der Waals surface area (Å²) in [5.41, 5.74) is 2.35. The molecule has 7 nitrogen and oxygen atoms in total. The summed E-state index contributed by atoms with van der Waals surface area (Å²) >= 11 is 0. The summed E-state index contributed by atoms with van der Waals surface area (Å²) in [6.45, 7) is 5.49. The minimum atomic E-state index is 0.662. The lowest BCUT2D eigenvalue weighted by molar-refractivity contribution is 0.249. The number of anilines is 2. The fourth-order valence-electron chi connectivity index (χ4n) is 3.15. The van der Waals surface area contributed by atoms with E-state index in [9.17, 15) is 0 Å². The van der Waals surface area contributed by atoms with Crippen molar-refractivity contribution in [1.29, 1.82) is 0 Å². The molecule has 0 amide bonds. The monoisotopic (exact) mass is 361 g/mol. The Labute approximate surface area is 159 Å². The third-order valence-corrected chi connectivity index (χ3v) is 4.65. The van der Waals surface area contributed by atoms with Gasteiger partial charge >= 0.3 is 0 Å². The van der Waals surface area contributed by atoms with Crippen molar-refractivity contribution in [3.8, 4) is 0 Å². The van der Waals surface area contributed by atoms with Crippen LogP contribution in [0.5, 0.6) is 0 Å². The van der Waals surface area contributed by atoms with Crippen LogP contribution in [0.25, 0.3) is 0 Å². The van der Waals surface area contributed by atoms with Crippen LogP contribution in [0.15, 0.2) is 61.3 Å². The lowest BCUT2D eigenvalue weighted by atomic mass is 10.2. The van der Waals surface area contributed by atoms with Gasteiger partial charge in [0.1, 0.15) is 5.82 Å². The number of nitrogens with zero attached hydrogens (tertiary/aromatic N) is 6. The smallest absolute Gasteiger partial charge is 0.222 e. The molecule has 0 unspecified atom stereocenters. The van der Waals surface area contributed by atoms with E-state index >= 15 is 0 Å². The number of rotatable bonds is 6. The molecule has 1 aliphatic rings. The molecule has 0 aliphatic carbocycles. The Balaban J connectivity index is 1.25. The maximum absolute atomic E-state index is 4.44. The van der Waals surface area contributed by atoms with Crippen molar-refractivity contribution in [2.75, 3.05) is 36.4 Å². The maximum Gasteiger partial charge on any atom is 0.222 e. The van der Waals surface area contributed by atoms with Gasteiger partial charge in [0.25, 0.3) is 0 Å². The molecule has 138 valence electrons. The van der Waals surface area contributed by atoms with Gasteiger partial charge in [-0.3, -0.25) is 9.88 Å². The van der Waals surface area contributed by atoms with Crippen molar-refractivity contribution < 1.29 is 0 Å². The van der Waals surface area contributed by atoms with E-state index in [1.807, 2.05) is 36.8 Å². The Hall–Kier alpha value is -3.06. The van der Waals surface area contributed by atoms with Crippen molar-refractivity contribution >= 4 is 11.8 Å². The molecule has 27 heavy (non-hydrogen) atoms. The third-order valence-electron chi connectivity index (χ3n) is 4.65. The summed E-state index contributed by atoms with van der Waals surface area (Å²) in [6.07, 6.45) is 9.10. The molecule has 3 aromatic rings. The molecule has 1 aliphatic heterocycles. The van der Waals surface area contributed by atoms with E-state index in [0.717, 1.165) is 50.6 Å². The van der Waals surface area contributed by atoms with E-state index in [1.165, 1.54) is 5.56 Å². The molecule has 0 saturated carbocycles. The summed E-state index contributed by atoms with van der Waals surface area (Å²) in [6, 6.07) is 10.3. The Morgan fingerprint density at radius 2 is 1.59 bits per heavy atom. The molecule has 1 N–H and O–H groups in total. The molecule has 1 fully saturated rings. The lowest BCUT2D eigenvalue weighted by Crippen LogP contribution is -2.46. The molecule has 1 aromatic carbocycles. The predicted octanol–water partition coefficient (Wildman–Crippen LogP) is 2.20. The lowest BCUT2D eigenvalue weighted by Gasteiger charge is -2.35. The number of benzene rings is 1. The van der Waals surface area contributed by atoms with Crippen LogP contribution in [0.2, 0.25) is 0 Å². The number of hydrogen-bond acceptors (Lipinski definition) is 7. The third kappa shape index (κ3) is 4.77. The normalized spacial score (nSPS) is 14.9. The van der Waals surface area contributed by atoms with Crippen LogP contribution in [0.3, 0.4) is 0 Å². The van der Waals surface area contributed by atoms with Gasteiger partial charge in [0.05, 0.1) is 6.20 Å². The van der Waals surface area contributed by atoms with Gasteiger partial charge in [0.15, 0.2) is 0 Å². The van der Waals surface area contributed by atoms with Crippen molar-refractivity contribution in [1.82, 2.24) is 24.8 Å². The zero-order valence-corrected chi connectivity index (χ0v) is 15.2. The highest BCUT2D eigenvalue weighted by Gasteiger charge is 2.18. The van der Waals surface area contributed by atoms with Gasteiger partial charge in [-0.25, -0.2) is 15.0 Å². The predicted molar refractivity (Wildman–Crippen MR) is 105 cm³/mol. The fourth-order valence-corrected chi connectivity index (χ4v) is 3.15. The zero-order chi connectivity index (χ0) is 18.3. The number of aromatic nitrogens is 4. The maximum atomic E-state index is 4.44. The van der Waals surface area contributed by atoms with Gasteiger partial charge in [-0.2, -0.15) is 0 Å². The molecule has 0 bridgehead atoms. The van der Waals surface area contributed by atoms with E-state index in [2.05, 4.69) is 47.2 Å². The van der Waals surface area contributed by atoms with Gasteiger partial charge < -0.3 is 10.2 Å². The van der Waals surface area contributed by atoms with Gasteiger partial charge in [-0.05, 0) is 5.56 Å². The average molecular weight is 361 g/mol. The molecule has 0 radical (unpaired) electrons. The highest BCUT2D eigenvalue weighted by molar-refractivity contribution is 5.35. The molecule has 3 heterocycles. The van der Waals surface area contributed by atoms with Gasteiger partial charge in [-0.1, -0.05) is 30.3 Å². The van der Waals surface area contributed by atoms with E-state index in [4.69, 9.17) is 0 Å². The van der Waals surface area contributed by atoms with E-state index in [0.29, 0.717) is 5.95 Å². The van der Waals surface area contributed by atoms with Crippen LogP contribution < -0.4 is 10.2 Å². The van der Waals surface area contributed by atoms with E-state index < -0.39 is 0 Å². The highest BCUT2D eigenvalue weighted by atomic mass is 15.3. The van der Waals surface area contributed by atoms with Crippen molar-refractivity contribution in [2.24, 2.45) is 0 Å². The molecule has 2 aromatic heterocycles. The highest BCUT2D eigenvalue weighted by Crippen LogP contribution is 2.13. The minimum Gasteiger partial charge on any atom is -0.353 e. The van der Waals surface area contributed by atoms with Crippen LogP contribution in [-0.2, 0) is 13.1 Å². The first-order valence-electron chi connectivity index (χ1n) is 9.19. The van der Waals surface area contributed by atoms with E-state index in [-0.39, 0.29) is 0 Å². The number of hydrogen-bond donors (Lipinski definition) is 1. The Kier molecular flexibility index (Phi) is 5.50. The van der Waals surface area contributed by atoms with Crippen LogP contribution in [-0.4, -0.2) is 51.0 Å². The number of piperazine rings is 1. The molecule has 1 saturated heterocycles. The molecular weight excluding hydrogens is 338 g/mol. The minimum absolute atomic E-state index is 0.662. The first kappa shape index (κ1) is 17.4. The Morgan fingerprint density at radius 3 is 2.30 bits per heavy atom. The summed E-state index contributed by atoms with van der Waals surface area (Å²) in [7, 11) is 0. The molecule has 0 spiro atoms. The first-order chi connectivity index (χ1) is 13.4. The Morgan fingerprint density at radius 1 is 0.815 bits per heavy atom. The summed E-state index contributed by atoms with van der Waals surface area (Å²) in [5, 5.41) is 3.26. The van der Waals surface area contributed by atoms with Gasteiger partial charge in [-0.15, -0.1) is 0 Å². The topological polar surface area (TPSA) is 70.1 Å². The average Bonchev–Trinajstić information content (AvgIpc) is 2.75. The summed E-state index contributed by atoms with van der Waals surface area (Å²) in [5.74, 6) is 1.62. The zero-order valence-electron chi connectivity index (χ0n) is 15.2. The molecule has 7 heteroatoms. The van der Waals surface area contributed by atoms with Crippen LogP contribution in [0.1, 0.15) is 11.1 Å². The van der Waals surface area contributed by atoms with Crippen molar-refractivity contribution in [2.45, 2.75) is 13.1 Å². The SMILES string of the molecule is c1ccc(CNc2ncc(CN3CCN(c4cnccn4)CC3)cn2)cc1. The quantitative estimate of drug-likeness (QED) is 0.722. The van der Waals surface area contributed by atoms with Crippen molar-refractivity contribution in [3.63, 3.8) is 0 Å². The van der Waals surface area contributed by atoms with Crippen LogP contribution >= 0.6 is 0 Å². The van der Waals surface area contributed by atoms with Crippen LogP contribution in [0.4, 0.5) is 11.8 Å². The molecule has 4 rings (SSSR count). The molecule has 0 atom stereocenters. The second-order valence-electron chi connectivity index (χ2n) is 6.58. The number of nitrogens with one attached hydrogen (secondary N) is 1.